The maximum Gasteiger partial charge on any atom is 0.163 e. The van der Waals surface area contributed by atoms with Crippen LogP contribution in [0.25, 0.3) is 0 Å². The molecule has 1 aliphatic heterocycles. The molecule has 1 aliphatic rings. The summed E-state index contributed by atoms with van der Waals surface area (Å²) in [5.41, 5.74) is 0. The maximum absolute atomic E-state index is 10.8. The Morgan fingerprint density at radius 1 is 1.26 bits per heavy atom. The van der Waals surface area contributed by atoms with Gasteiger partial charge in [-0.25, -0.2) is 0 Å². The molecule has 1 fully saturated rings. The van der Waals surface area contributed by atoms with E-state index >= 15 is 0 Å². The molecule has 0 spiro atoms. The molecule has 1 heterocycles. The van der Waals surface area contributed by atoms with Crippen molar-refractivity contribution in [1.29, 1.82) is 0 Å². The van der Waals surface area contributed by atoms with Crippen LogP contribution in [0.5, 0.6) is 0 Å². The molecule has 0 saturated carbocycles. The number of Topliss-reactive ketones (excluding diaryl/α,β-unsaturated/α-hetero) is 1. The lowest BCUT2D eigenvalue weighted by Gasteiger charge is -2.40. The van der Waals surface area contributed by atoms with E-state index in [9.17, 15) is 15.0 Å². The highest BCUT2D eigenvalue weighted by Gasteiger charge is 2.42. The minimum atomic E-state index is -1.10. The first-order valence-corrected chi connectivity index (χ1v) is 6.71. The molecule has 0 radical (unpaired) electrons. The van der Waals surface area contributed by atoms with Crippen molar-refractivity contribution in [3.05, 3.63) is 0 Å². The first-order chi connectivity index (χ1) is 8.97. The van der Waals surface area contributed by atoms with E-state index in [1.54, 1.807) is 13.8 Å². The Hall–Kier alpha value is -0.530. The van der Waals surface area contributed by atoms with Gasteiger partial charge in [0, 0.05) is 18.9 Å². The number of unbranched alkanes of at least 4 members (excludes halogenated alkanes) is 1. The van der Waals surface area contributed by atoms with Crippen LogP contribution in [-0.4, -0.2) is 58.9 Å². The van der Waals surface area contributed by atoms with E-state index in [4.69, 9.17) is 14.6 Å². The first-order valence-electron chi connectivity index (χ1n) is 6.71. The molecule has 0 aromatic carbocycles. The lowest BCUT2D eigenvalue weighted by Crippen LogP contribution is -2.55. The summed E-state index contributed by atoms with van der Waals surface area (Å²) in [7, 11) is 0. The number of hydrogen-bond donors (Lipinski definition) is 3. The minimum Gasteiger partial charge on any atom is -0.394 e. The second-order valence-corrected chi connectivity index (χ2v) is 5.10. The van der Waals surface area contributed by atoms with Gasteiger partial charge < -0.3 is 29.6 Å². The van der Waals surface area contributed by atoms with Crippen molar-refractivity contribution in [1.82, 2.24) is 0 Å². The molecular weight excluding hydrogens is 252 g/mol. The minimum absolute atomic E-state index is 0.154. The van der Waals surface area contributed by atoms with Gasteiger partial charge in [-0.3, -0.25) is 0 Å². The van der Waals surface area contributed by atoms with Crippen LogP contribution >= 0.6 is 0 Å². The van der Waals surface area contributed by atoms with E-state index in [1.165, 1.54) is 0 Å². The van der Waals surface area contributed by atoms with Crippen LogP contribution in [0.4, 0.5) is 0 Å². The number of ether oxygens (including phenoxy) is 2. The highest BCUT2D eigenvalue weighted by molar-refractivity contribution is 5.75. The van der Waals surface area contributed by atoms with Crippen LogP contribution in [0.2, 0.25) is 0 Å². The largest absolute Gasteiger partial charge is 0.394 e. The highest BCUT2D eigenvalue weighted by Crippen LogP contribution is 2.26. The smallest absolute Gasteiger partial charge is 0.163 e. The van der Waals surface area contributed by atoms with Gasteiger partial charge in [-0.2, -0.15) is 0 Å². The topological polar surface area (TPSA) is 96.2 Å². The van der Waals surface area contributed by atoms with Crippen LogP contribution in [0, 0.1) is 5.92 Å². The van der Waals surface area contributed by atoms with Gasteiger partial charge >= 0.3 is 0 Å². The van der Waals surface area contributed by atoms with Crippen LogP contribution < -0.4 is 0 Å². The number of carbonyl (C=O) groups excluding carboxylic acids is 1. The summed E-state index contributed by atoms with van der Waals surface area (Å²) in [5.74, 6) is -0.216. The summed E-state index contributed by atoms with van der Waals surface area (Å²) >= 11 is 0. The molecule has 1 saturated heterocycles. The van der Waals surface area contributed by atoms with Gasteiger partial charge in [-0.05, 0) is 19.8 Å². The molecule has 0 amide bonds. The van der Waals surface area contributed by atoms with Gasteiger partial charge in [-0.1, -0.05) is 6.92 Å². The Morgan fingerprint density at radius 3 is 2.53 bits per heavy atom. The predicted octanol–water partition coefficient (Wildman–Crippen LogP) is -0.163. The predicted molar refractivity (Wildman–Crippen MR) is 67.4 cm³/mol. The number of rotatable bonds is 7. The van der Waals surface area contributed by atoms with Gasteiger partial charge in [0.15, 0.2) is 6.29 Å². The lowest BCUT2D eigenvalue weighted by molar-refractivity contribution is -0.282. The summed E-state index contributed by atoms with van der Waals surface area (Å²) in [4.78, 5) is 10.8. The molecule has 0 bridgehead atoms. The third-order valence-corrected chi connectivity index (χ3v) is 3.39. The molecular formula is C13H24O6. The molecule has 0 aliphatic carbocycles. The maximum atomic E-state index is 10.8. The van der Waals surface area contributed by atoms with E-state index in [-0.39, 0.29) is 18.3 Å². The van der Waals surface area contributed by atoms with E-state index in [0.717, 1.165) is 12.8 Å². The van der Waals surface area contributed by atoms with E-state index in [2.05, 4.69) is 0 Å². The fourth-order valence-electron chi connectivity index (χ4n) is 2.09. The summed E-state index contributed by atoms with van der Waals surface area (Å²) in [6, 6.07) is 0. The first kappa shape index (κ1) is 16.5. The Kier molecular flexibility index (Phi) is 6.88. The SMILES string of the molecule is CC(=O)CCCCO[C@@H]1OC(CO)[C@H](O)C(O)[C@@H]1C. The molecule has 0 aromatic heterocycles. The fraction of sp³-hybridized carbons (Fsp3) is 0.923. The monoisotopic (exact) mass is 276 g/mol. The highest BCUT2D eigenvalue weighted by atomic mass is 16.7. The number of carbonyl (C=O) groups is 1. The standard InChI is InChI=1S/C13H24O6/c1-8(15)5-3-4-6-18-13-9(2)11(16)12(17)10(7-14)19-13/h9-14,16-17H,3-7H2,1-2H3/t9-,10?,11?,12-,13+/m0/s1. The second kappa shape index (κ2) is 7.91. The summed E-state index contributed by atoms with van der Waals surface area (Å²) in [6.45, 7) is 3.33. The second-order valence-electron chi connectivity index (χ2n) is 5.10. The van der Waals surface area contributed by atoms with Crippen molar-refractivity contribution >= 4 is 5.78 Å². The number of aliphatic hydroxyl groups excluding tert-OH is 3. The molecule has 19 heavy (non-hydrogen) atoms. The Labute approximate surface area is 113 Å². The van der Waals surface area contributed by atoms with Gasteiger partial charge in [0.2, 0.25) is 0 Å². The van der Waals surface area contributed by atoms with Crippen molar-refractivity contribution in [3.8, 4) is 0 Å². The van der Waals surface area contributed by atoms with Crippen molar-refractivity contribution in [2.24, 2.45) is 5.92 Å². The molecule has 6 heteroatoms. The molecule has 5 atom stereocenters. The van der Waals surface area contributed by atoms with Gasteiger partial charge in [0.25, 0.3) is 0 Å². The average molecular weight is 276 g/mol. The molecule has 2 unspecified atom stereocenters. The Morgan fingerprint density at radius 2 is 1.95 bits per heavy atom. The zero-order valence-electron chi connectivity index (χ0n) is 11.5. The third-order valence-electron chi connectivity index (χ3n) is 3.39. The number of aliphatic hydroxyl groups is 3. The summed E-state index contributed by atoms with van der Waals surface area (Å²) in [5, 5.41) is 28.6. The van der Waals surface area contributed by atoms with Crippen molar-refractivity contribution in [2.45, 2.75) is 57.7 Å². The van der Waals surface area contributed by atoms with Crippen LogP contribution in [-0.2, 0) is 14.3 Å². The summed E-state index contributed by atoms with van der Waals surface area (Å²) < 4.78 is 10.9. The van der Waals surface area contributed by atoms with E-state index < -0.39 is 24.6 Å². The van der Waals surface area contributed by atoms with Crippen LogP contribution in [0.15, 0.2) is 0 Å². The van der Waals surface area contributed by atoms with Crippen LogP contribution in [0.3, 0.4) is 0 Å². The third kappa shape index (κ3) is 4.81. The number of hydrogen-bond acceptors (Lipinski definition) is 6. The fourth-order valence-corrected chi connectivity index (χ4v) is 2.09. The Bertz CT molecular complexity index is 280. The van der Waals surface area contributed by atoms with Gasteiger partial charge in [0.1, 0.15) is 18.0 Å². The average Bonchev–Trinajstić information content (AvgIpc) is 2.37. The Balaban J connectivity index is 2.33. The zero-order chi connectivity index (χ0) is 14.4. The molecule has 112 valence electrons. The van der Waals surface area contributed by atoms with Crippen molar-refractivity contribution in [2.75, 3.05) is 13.2 Å². The lowest BCUT2D eigenvalue weighted by atomic mass is 9.92. The molecule has 6 nitrogen and oxygen atoms in total. The van der Waals surface area contributed by atoms with Gasteiger partial charge in [-0.15, -0.1) is 0 Å². The zero-order valence-corrected chi connectivity index (χ0v) is 11.5. The van der Waals surface area contributed by atoms with Crippen molar-refractivity contribution in [3.63, 3.8) is 0 Å². The molecule has 3 N–H and O–H groups in total. The van der Waals surface area contributed by atoms with Gasteiger partial charge in [0.05, 0.1) is 12.7 Å². The quantitative estimate of drug-likeness (QED) is 0.559. The van der Waals surface area contributed by atoms with E-state index in [1.807, 2.05) is 0 Å². The normalized spacial score (nSPS) is 35.3. The van der Waals surface area contributed by atoms with Crippen molar-refractivity contribution < 1.29 is 29.6 Å². The number of ketones is 1. The molecule has 0 aromatic rings. The van der Waals surface area contributed by atoms with E-state index in [0.29, 0.717) is 13.0 Å². The van der Waals surface area contributed by atoms with Crippen LogP contribution in [0.1, 0.15) is 33.1 Å². The summed E-state index contributed by atoms with van der Waals surface area (Å²) in [6.07, 6.45) is -1.53. The molecule has 1 rings (SSSR count).